The van der Waals surface area contributed by atoms with Crippen LogP contribution >= 0.6 is 11.6 Å². The quantitative estimate of drug-likeness (QED) is 0.527. The third-order valence-electron chi connectivity index (χ3n) is 5.28. The number of fused-ring (bicyclic) bond motifs is 1. The van der Waals surface area contributed by atoms with E-state index in [-0.39, 0.29) is 31.3 Å². The molecule has 1 amide bonds. The van der Waals surface area contributed by atoms with Crippen molar-refractivity contribution < 1.29 is 23.4 Å². The molecule has 2 atom stereocenters. The third kappa shape index (κ3) is 5.13. The van der Waals surface area contributed by atoms with Gasteiger partial charge in [-0.1, -0.05) is 11.6 Å². The highest BCUT2D eigenvalue weighted by Crippen LogP contribution is 2.35. The van der Waals surface area contributed by atoms with Crippen molar-refractivity contribution in [1.29, 1.82) is 0 Å². The van der Waals surface area contributed by atoms with Crippen LogP contribution in [0.1, 0.15) is 32.8 Å². The molecule has 1 saturated heterocycles. The number of aromatic hydroxyl groups is 1. The number of oxazole rings is 1. The Morgan fingerprint density at radius 3 is 2.79 bits per heavy atom. The molecule has 2 unspecified atom stereocenters. The molecule has 2 aromatic heterocycles. The standard InChI is InChI=1S/C23H26ClFN4O4/c1-12-9-13(24)10-17(30)19(12)15-5-6-18-20(26-15)28-21(32-18)27-16-11-29(8-7-14(16)25)22(31)33-23(2,3)4/h5-6,9-10,14,16,30H,7-8,11H2,1-4H3,(H,26,27,28). The van der Waals surface area contributed by atoms with Crippen molar-refractivity contribution in [2.24, 2.45) is 0 Å². The summed E-state index contributed by atoms with van der Waals surface area (Å²) < 4.78 is 25.7. The molecule has 2 N–H and O–H groups in total. The smallest absolute Gasteiger partial charge is 0.410 e. The Hall–Kier alpha value is -3.07. The lowest BCUT2D eigenvalue weighted by Crippen LogP contribution is -2.52. The molecule has 0 aliphatic carbocycles. The number of aryl methyl sites for hydroxylation is 1. The van der Waals surface area contributed by atoms with Gasteiger partial charge in [0.25, 0.3) is 6.01 Å². The number of carbonyl (C=O) groups is 1. The van der Waals surface area contributed by atoms with Gasteiger partial charge in [0, 0.05) is 23.7 Å². The van der Waals surface area contributed by atoms with Gasteiger partial charge in [-0.15, -0.1) is 0 Å². The first-order valence-electron chi connectivity index (χ1n) is 10.7. The summed E-state index contributed by atoms with van der Waals surface area (Å²) in [7, 11) is 0. The third-order valence-corrected chi connectivity index (χ3v) is 5.50. The van der Waals surface area contributed by atoms with Crippen LogP contribution < -0.4 is 5.32 Å². The predicted molar refractivity (Wildman–Crippen MR) is 123 cm³/mol. The SMILES string of the molecule is Cc1cc(Cl)cc(O)c1-c1ccc2oc(NC3CN(C(=O)OC(C)(C)C)CCC3F)nc2n1. The monoisotopic (exact) mass is 476 g/mol. The summed E-state index contributed by atoms with van der Waals surface area (Å²) in [5, 5.41) is 13.7. The Labute approximate surface area is 195 Å². The number of halogens is 2. The van der Waals surface area contributed by atoms with E-state index in [4.69, 9.17) is 20.8 Å². The minimum absolute atomic E-state index is 0.0124. The van der Waals surface area contributed by atoms with E-state index in [1.54, 1.807) is 39.0 Å². The minimum Gasteiger partial charge on any atom is -0.507 e. The lowest BCUT2D eigenvalue weighted by molar-refractivity contribution is 0.0149. The molecule has 33 heavy (non-hydrogen) atoms. The van der Waals surface area contributed by atoms with Gasteiger partial charge in [-0.2, -0.15) is 4.98 Å². The van der Waals surface area contributed by atoms with Crippen molar-refractivity contribution in [2.75, 3.05) is 18.4 Å². The molecule has 1 aromatic carbocycles. The maximum Gasteiger partial charge on any atom is 0.410 e. The molecule has 0 radical (unpaired) electrons. The average Bonchev–Trinajstić information content (AvgIpc) is 3.09. The second-order valence-electron chi connectivity index (χ2n) is 9.14. The predicted octanol–water partition coefficient (Wildman–Crippen LogP) is 5.32. The van der Waals surface area contributed by atoms with Crippen LogP contribution in [0.2, 0.25) is 5.02 Å². The van der Waals surface area contributed by atoms with E-state index < -0.39 is 23.9 Å². The number of rotatable bonds is 3. The van der Waals surface area contributed by atoms with Crippen LogP contribution in [-0.4, -0.2) is 57.0 Å². The number of aromatic nitrogens is 2. The van der Waals surface area contributed by atoms with Crippen molar-refractivity contribution in [3.8, 4) is 17.0 Å². The molecule has 3 aromatic rings. The number of piperidine rings is 1. The van der Waals surface area contributed by atoms with Gasteiger partial charge in [0.05, 0.1) is 11.7 Å². The molecule has 4 rings (SSSR count). The Morgan fingerprint density at radius 2 is 2.09 bits per heavy atom. The Morgan fingerprint density at radius 1 is 1.33 bits per heavy atom. The van der Waals surface area contributed by atoms with E-state index in [9.17, 15) is 14.3 Å². The molecule has 1 aliphatic heterocycles. The number of carbonyl (C=O) groups excluding carboxylic acids is 1. The normalized spacial score (nSPS) is 19.0. The van der Waals surface area contributed by atoms with Crippen LogP contribution in [0.25, 0.3) is 22.5 Å². The lowest BCUT2D eigenvalue weighted by Gasteiger charge is -2.35. The van der Waals surface area contributed by atoms with Gasteiger partial charge in [-0.3, -0.25) is 0 Å². The molecule has 3 heterocycles. The van der Waals surface area contributed by atoms with Crippen LogP contribution in [0.15, 0.2) is 28.7 Å². The summed E-state index contributed by atoms with van der Waals surface area (Å²) in [6.45, 7) is 7.57. The van der Waals surface area contributed by atoms with Crippen molar-refractivity contribution in [3.05, 3.63) is 34.9 Å². The molecular formula is C23H26ClFN4O4. The summed E-state index contributed by atoms with van der Waals surface area (Å²) >= 11 is 5.99. The number of phenols is 1. The fourth-order valence-corrected chi connectivity index (χ4v) is 4.06. The van der Waals surface area contributed by atoms with E-state index in [0.717, 1.165) is 5.56 Å². The fraction of sp³-hybridized carbons (Fsp3) is 0.435. The molecular weight excluding hydrogens is 451 g/mol. The topological polar surface area (TPSA) is 101 Å². The highest BCUT2D eigenvalue weighted by molar-refractivity contribution is 6.31. The van der Waals surface area contributed by atoms with Gasteiger partial charge >= 0.3 is 6.09 Å². The molecule has 176 valence electrons. The van der Waals surface area contributed by atoms with Crippen LogP contribution in [0.4, 0.5) is 15.2 Å². The van der Waals surface area contributed by atoms with Crippen molar-refractivity contribution in [3.63, 3.8) is 0 Å². The van der Waals surface area contributed by atoms with Crippen LogP contribution in [0, 0.1) is 6.92 Å². The van der Waals surface area contributed by atoms with E-state index in [1.807, 2.05) is 6.92 Å². The maximum absolute atomic E-state index is 14.6. The summed E-state index contributed by atoms with van der Waals surface area (Å²) in [6.07, 6.45) is -1.49. The first-order chi connectivity index (χ1) is 15.5. The number of benzene rings is 1. The first kappa shape index (κ1) is 23.1. The highest BCUT2D eigenvalue weighted by atomic mass is 35.5. The first-order valence-corrected chi connectivity index (χ1v) is 11.0. The average molecular weight is 477 g/mol. The fourth-order valence-electron chi connectivity index (χ4n) is 3.79. The van der Waals surface area contributed by atoms with Gasteiger partial charge in [0.2, 0.25) is 5.65 Å². The minimum atomic E-state index is -1.18. The summed E-state index contributed by atoms with van der Waals surface area (Å²) in [5.74, 6) is 0.0124. The zero-order valence-electron chi connectivity index (χ0n) is 18.9. The van der Waals surface area contributed by atoms with E-state index in [2.05, 4.69) is 15.3 Å². The number of phenolic OH excluding ortho intramolecular Hbond substituents is 1. The van der Waals surface area contributed by atoms with Gasteiger partial charge in [0.1, 0.15) is 17.5 Å². The number of alkyl halides is 1. The molecule has 1 fully saturated rings. The number of nitrogens with zero attached hydrogens (tertiary/aromatic N) is 3. The van der Waals surface area contributed by atoms with Crippen LogP contribution in [0.5, 0.6) is 5.75 Å². The number of hydrogen-bond acceptors (Lipinski definition) is 7. The van der Waals surface area contributed by atoms with Gasteiger partial charge in [-0.05, 0) is 63.9 Å². The van der Waals surface area contributed by atoms with Crippen molar-refractivity contribution in [2.45, 2.75) is 51.9 Å². The van der Waals surface area contributed by atoms with Crippen molar-refractivity contribution >= 4 is 34.9 Å². The van der Waals surface area contributed by atoms with E-state index >= 15 is 0 Å². The highest BCUT2D eigenvalue weighted by Gasteiger charge is 2.34. The van der Waals surface area contributed by atoms with Gasteiger partial charge in [-0.25, -0.2) is 14.2 Å². The summed E-state index contributed by atoms with van der Waals surface area (Å²) in [4.78, 5) is 22.7. The zero-order valence-corrected chi connectivity index (χ0v) is 19.6. The molecule has 8 nitrogen and oxygen atoms in total. The van der Waals surface area contributed by atoms with Crippen LogP contribution in [-0.2, 0) is 4.74 Å². The Bertz CT molecular complexity index is 1170. The number of ether oxygens (including phenoxy) is 1. The number of likely N-dealkylation sites (tertiary alicyclic amines) is 1. The Kier molecular flexibility index (Phi) is 6.09. The molecule has 0 bridgehead atoms. The summed E-state index contributed by atoms with van der Waals surface area (Å²) in [6, 6.07) is 5.97. The van der Waals surface area contributed by atoms with Crippen molar-refractivity contribution in [1.82, 2.24) is 14.9 Å². The van der Waals surface area contributed by atoms with Crippen LogP contribution in [0.3, 0.4) is 0 Å². The lowest BCUT2D eigenvalue weighted by atomic mass is 10.0. The van der Waals surface area contributed by atoms with Gasteiger partial charge in [0.15, 0.2) is 5.58 Å². The largest absolute Gasteiger partial charge is 0.507 e. The number of amides is 1. The number of hydrogen-bond donors (Lipinski definition) is 2. The van der Waals surface area contributed by atoms with E-state index in [0.29, 0.717) is 27.5 Å². The van der Waals surface area contributed by atoms with E-state index in [1.165, 1.54) is 11.0 Å². The molecule has 0 saturated carbocycles. The Balaban J connectivity index is 1.54. The summed E-state index contributed by atoms with van der Waals surface area (Å²) in [5.41, 5.74) is 1.89. The molecule has 1 aliphatic rings. The second-order valence-corrected chi connectivity index (χ2v) is 9.57. The second kappa shape index (κ2) is 8.70. The number of nitrogens with one attached hydrogen (secondary N) is 1. The number of anilines is 1. The number of pyridine rings is 1. The zero-order chi connectivity index (χ0) is 23.9. The molecule has 10 heteroatoms. The van der Waals surface area contributed by atoms with Gasteiger partial charge < -0.3 is 24.5 Å². The molecule has 0 spiro atoms. The maximum atomic E-state index is 14.6.